The van der Waals surface area contributed by atoms with Gasteiger partial charge in [-0.2, -0.15) is 0 Å². The molecule has 3 aliphatic carbocycles. The summed E-state index contributed by atoms with van der Waals surface area (Å²) >= 11 is 0. The highest BCUT2D eigenvalue weighted by Gasteiger charge is 2.62. The molecule has 4 rings (SSSR count). The molecule has 5 atom stereocenters. The molecule has 1 aliphatic heterocycles. The van der Waals surface area contributed by atoms with Crippen molar-refractivity contribution in [3.63, 3.8) is 0 Å². The Morgan fingerprint density at radius 1 is 1.06 bits per heavy atom. The van der Waals surface area contributed by atoms with Gasteiger partial charge in [0.2, 0.25) is 0 Å². The SMILES string of the molecule is CC(C)(C)[Si](C)(C)O[C@H](C#CC1C2CC3(OCCO3)[C@H]2CC[C@H]1O)CC1CCCCC1. The molecule has 0 aromatic carbocycles. The molecule has 0 aromatic rings. The van der Waals surface area contributed by atoms with Crippen molar-refractivity contribution in [2.24, 2.45) is 23.7 Å². The van der Waals surface area contributed by atoms with Crippen molar-refractivity contribution in [2.75, 3.05) is 13.2 Å². The number of hydrogen-bond acceptors (Lipinski definition) is 4. The molecule has 3 saturated carbocycles. The third-order valence-electron chi connectivity index (χ3n) is 8.95. The Morgan fingerprint density at radius 2 is 1.74 bits per heavy atom. The molecule has 0 radical (unpaired) electrons. The van der Waals surface area contributed by atoms with Gasteiger partial charge in [-0.1, -0.05) is 64.7 Å². The van der Waals surface area contributed by atoms with E-state index in [1.54, 1.807) is 0 Å². The first kappa shape index (κ1) is 23.8. The van der Waals surface area contributed by atoms with Gasteiger partial charge < -0.3 is 19.0 Å². The van der Waals surface area contributed by atoms with Gasteiger partial charge in [-0.15, -0.1) is 0 Å². The molecule has 176 valence electrons. The lowest BCUT2D eigenvalue weighted by Crippen LogP contribution is -2.60. The van der Waals surface area contributed by atoms with Crippen molar-refractivity contribution >= 4 is 8.32 Å². The molecule has 1 saturated heterocycles. The van der Waals surface area contributed by atoms with Gasteiger partial charge in [-0.05, 0) is 49.2 Å². The molecule has 31 heavy (non-hydrogen) atoms. The zero-order valence-corrected chi connectivity index (χ0v) is 21.4. The number of ether oxygens (including phenoxy) is 2. The zero-order chi connectivity index (χ0) is 22.3. The minimum absolute atomic E-state index is 0.00964. The third-order valence-corrected chi connectivity index (χ3v) is 13.4. The maximum atomic E-state index is 10.8. The molecular formula is C26H44O4Si. The van der Waals surface area contributed by atoms with Gasteiger partial charge in [0, 0.05) is 18.3 Å². The maximum Gasteiger partial charge on any atom is 0.193 e. The van der Waals surface area contributed by atoms with Crippen LogP contribution in [-0.4, -0.2) is 44.6 Å². The van der Waals surface area contributed by atoms with Crippen LogP contribution in [0.4, 0.5) is 0 Å². The van der Waals surface area contributed by atoms with Crippen LogP contribution < -0.4 is 0 Å². The summed E-state index contributed by atoms with van der Waals surface area (Å²) in [7, 11) is -1.90. The van der Waals surface area contributed by atoms with Crippen molar-refractivity contribution < 1.29 is 19.0 Å². The maximum absolute atomic E-state index is 10.8. The van der Waals surface area contributed by atoms with E-state index in [9.17, 15) is 5.11 Å². The summed E-state index contributed by atoms with van der Waals surface area (Å²) in [4.78, 5) is 0. The second-order valence-electron chi connectivity index (χ2n) is 12.0. The Bertz CT molecular complexity index is 676. The van der Waals surface area contributed by atoms with Crippen molar-refractivity contribution in [2.45, 2.75) is 115 Å². The number of hydrogen-bond donors (Lipinski definition) is 1. The normalized spacial score (nSPS) is 34.5. The summed E-state index contributed by atoms with van der Waals surface area (Å²) in [5.74, 6) is 8.29. The molecule has 1 heterocycles. The van der Waals surface area contributed by atoms with Crippen LogP contribution in [0.5, 0.6) is 0 Å². The van der Waals surface area contributed by atoms with Crippen molar-refractivity contribution in [3.05, 3.63) is 0 Å². The van der Waals surface area contributed by atoms with Crippen LogP contribution in [0.25, 0.3) is 0 Å². The van der Waals surface area contributed by atoms with Crippen LogP contribution in [-0.2, 0) is 13.9 Å². The van der Waals surface area contributed by atoms with Crippen molar-refractivity contribution in [3.8, 4) is 11.8 Å². The molecular weight excluding hydrogens is 404 g/mol. The predicted octanol–water partition coefficient (Wildman–Crippen LogP) is 5.50. The van der Waals surface area contributed by atoms with E-state index >= 15 is 0 Å². The molecule has 1 N–H and O–H groups in total. The van der Waals surface area contributed by atoms with Gasteiger partial charge >= 0.3 is 0 Å². The van der Waals surface area contributed by atoms with Gasteiger partial charge in [0.1, 0.15) is 6.10 Å². The molecule has 4 nitrogen and oxygen atoms in total. The molecule has 1 spiro atoms. The lowest BCUT2D eigenvalue weighted by Gasteiger charge is -2.56. The second-order valence-corrected chi connectivity index (χ2v) is 16.8. The first-order chi connectivity index (χ1) is 14.6. The van der Waals surface area contributed by atoms with E-state index in [1.807, 2.05) is 0 Å². The average molecular weight is 449 g/mol. The Labute approximate surface area is 190 Å². The smallest absolute Gasteiger partial charge is 0.193 e. The zero-order valence-electron chi connectivity index (χ0n) is 20.4. The van der Waals surface area contributed by atoms with E-state index in [0.29, 0.717) is 25.0 Å². The topological polar surface area (TPSA) is 47.9 Å². The van der Waals surface area contributed by atoms with Crippen molar-refractivity contribution in [1.82, 2.24) is 0 Å². The average Bonchev–Trinajstić information content (AvgIpc) is 3.18. The molecule has 0 aromatic heterocycles. The van der Waals surface area contributed by atoms with E-state index < -0.39 is 8.32 Å². The molecule has 2 unspecified atom stereocenters. The van der Waals surface area contributed by atoms with E-state index in [4.69, 9.17) is 13.9 Å². The summed E-state index contributed by atoms with van der Waals surface area (Å²) in [6.07, 6.45) is 10.0. The van der Waals surface area contributed by atoms with Gasteiger partial charge in [-0.25, -0.2) is 0 Å². The Kier molecular flexibility index (Phi) is 6.98. The lowest BCUT2D eigenvalue weighted by atomic mass is 9.56. The summed E-state index contributed by atoms with van der Waals surface area (Å²) in [5.41, 5.74) is 0. The van der Waals surface area contributed by atoms with E-state index in [-0.39, 0.29) is 29.0 Å². The minimum atomic E-state index is -1.90. The Morgan fingerprint density at radius 3 is 2.39 bits per heavy atom. The van der Waals surface area contributed by atoms with Crippen LogP contribution in [0.15, 0.2) is 0 Å². The van der Waals surface area contributed by atoms with Crippen LogP contribution in [0.3, 0.4) is 0 Å². The monoisotopic (exact) mass is 448 g/mol. The fraction of sp³-hybridized carbons (Fsp3) is 0.923. The second kappa shape index (κ2) is 9.10. The fourth-order valence-corrected chi connectivity index (χ4v) is 7.22. The summed E-state index contributed by atoms with van der Waals surface area (Å²) in [6.45, 7) is 13.0. The number of aliphatic hydroxyl groups excluding tert-OH is 1. The first-order valence-electron chi connectivity index (χ1n) is 12.8. The standard InChI is InChI=1S/C26H44O4Si/c1-25(2,3)31(4,5)30-20(17-19-9-7-6-8-10-19)11-12-21-22-18-26(28-15-16-29-26)23(22)13-14-24(21)27/h19-24,27H,6-10,13-18H2,1-5H3/t20-,21?,22?,23+,24-/m1/s1. The largest absolute Gasteiger partial charge is 0.403 e. The van der Waals surface area contributed by atoms with Crippen LogP contribution in [0.2, 0.25) is 18.1 Å². The first-order valence-corrected chi connectivity index (χ1v) is 15.7. The summed E-state index contributed by atoms with van der Waals surface area (Å²) < 4.78 is 18.8. The van der Waals surface area contributed by atoms with Crippen molar-refractivity contribution in [1.29, 1.82) is 0 Å². The number of aliphatic hydroxyl groups is 1. The fourth-order valence-electron chi connectivity index (χ4n) is 6.00. The van der Waals surface area contributed by atoms with E-state index in [1.165, 1.54) is 32.1 Å². The number of rotatable bonds is 4. The summed E-state index contributed by atoms with van der Waals surface area (Å²) in [5, 5.41) is 11.0. The lowest BCUT2D eigenvalue weighted by molar-refractivity contribution is -0.296. The predicted molar refractivity (Wildman–Crippen MR) is 126 cm³/mol. The van der Waals surface area contributed by atoms with Gasteiger partial charge in [0.25, 0.3) is 0 Å². The van der Waals surface area contributed by atoms with Crippen LogP contribution >= 0.6 is 0 Å². The van der Waals surface area contributed by atoms with Gasteiger partial charge in [0.15, 0.2) is 14.1 Å². The highest BCUT2D eigenvalue weighted by molar-refractivity contribution is 6.74. The van der Waals surface area contributed by atoms with Gasteiger partial charge in [-0.3, -0.25) is 0 Å². The Hall–Kier alpha value is -0.383. The van der Waals surface area contributed by atoms with Crippen LogP contribution in [0, 0.1) is 35.5 Å². The third kappa shape index (κ3) is 4.94. The quantitative estimate of drug-likeness (QED) is 0.456. The van der Waals surface area contributed by atoms with E-state index in [2.05, 4.69) is 45.7 Å². The number of fused-ring (bicyclic) bond motifs is 2. The molecule has 0 amide bonds. The summed E-state index contributed by atoms with van der Waals surface area (Å²) in [6, 6.07) is 0. The Balaban J connectivity index is 1.49. The van der Waals surface area contributed by atoms with Crippen LogP contribution in [0.1, 0.15) is 78.6 Å². The molecule has 0 bridgehead atoms. The minimum Gasteiger partial charge on any atom is -0.403 e. The molecule has 4 aliphatic rings. The van der Waals surface area contributed by atoms with Gasteiger partial charge in [0.05, 0.1) is 19.3 Å². The molecule has 4 fully saturated rings. The van der Waals surface area contributed by atoms with E-state index in [0.717, 1.165) is 31.6 Å². The molecule has 5 heteroatoms. The highest BCUT2D eigenvalue weighted by atomic mass is 28.4. The highest BCUT2D eigenvalue weighted by Crippen LogP contribution is 2.57.